The molecule has 2 saturated carbocycles. The van der Waals surface area contributed by atoms with E-state index in [2.05, 4.69) is 17.0 Å². The summed E-state index contributed by atoms with van der Waals surface area (Å²) >= 11 is 0. The number of aryl methyl sites for hydroxylation is 1. The Kier molecular flexibility index (Phi) is 5.10. The number of phosphoric ester groups is 1. The monoisotopic (exact) mass is 525 g/mol. The van der Waals surface area contributed by atoms with Crippen LogP contribution in [0.4, 0.5) is 0 Å². The van der Waals surface area contributed by atoms with Gasteiger partial charge in [-0.1, -0.05) is 49.2 Å². The predicted molar refractivity (Wildman–Crippen MR) is 135 cm³/mol. The zero-order valence-corrected chi connectivity index (χ0v) is 21.8. The zero-order valence-electron chi connectivity index (χ0n) is 20.9. The maximum atomic E-state index is 12.9. The molecule has 1 saturated heterocycles. The van der Waals surface area contributed by atoms with Crippen LogP contribution in [0.25, 0.3) is 0 Å². The van der Waals surface area contributed by atoms with Gasteiger partial charge in [0, 0.05) is 12.0 Å². The van der Waals surface area contributed by atoms with Crippen molar-refractivity contribution < 1.29 is 33.1 Å². The number of ketones is 1. The van der Waals surface area contributed by atoms with E-state index < -0.39 is 24.9 Å². The summed E-state index contributed by atoms with van der Waals surface area (Å²) in [5.41, 5.74) is 0.955. The molecule has 2 aromatic rings. The molecule has 2 spiro atoms. The van der Waals surface area contributed by atoms with E-state index >= 15 is 0 Å². The molecule has 9 heteroatoms. The predicted octanol–water partition coefficient (Wildman–Crippen LogP) is 4.00. The first-order valence-corrected chi connectivity index (χ1v) is 14.8. The molecule has 3 aliphatic carbocycles. The molecular weight excluding hydrogens is 493 g/mol. The molecule has 0 aromatic heterocycles. The van der Waals surface area contributed by atoms with Crippen molar-refractivity contribution in [1.82, 2.24) is 4.90 Å². The van der Waals surface area contributed by atoms with Crippen molar-refractivity contribution >= 4 is 13.6 Å². The van der Waals surface area contributed by atoms with Crippen molar-refractivity contribution in [1.29, 1.82) is 0 Å². The topological polar surface area (TPSA) is 105 Å². The van der Waals surface area contributed by atoms with Gasteiger partial charge in [0.1, 0.15) is 0 Å². The average molecular weight is 526 g/mol. The van der Waals surface area contributed by atoms with Crippen LogP contribution < -0.4 is 9.26 Å². The van der Waals surface area contributed by atoms with Crippen LogP contribution in [0, 0.1) is 0 Å². The number of aliphatic hydroxyl groups is 1. The van der Waals surface area contributed by atoms with E-state index in [1.165, 1.54) is 5.56 Å². The van der Waals surface area contributed by atoms with E-state index in [1.807, 2.05) is 31.3 Å². The maximum Gasteiger partial charge on any atom is 0.527 e. The van der Waals surface area contributed by atoms with Gasteiger partial charge in [-0.15, -0.1) is 0 Å². The second-order valence-corrected chi connectivity index (χ2v) is 12.7. The van der Waals surface area contributed by atoms with Crippen LogP contribution in [-0.4, -0.2) is 52.1 Å². The average Bonchev–Trinajstić information content (AvgIpc) is 3.13. The van der Waals surface area contributed by atoms with Crippen LogP contribution in [0.1, 0.15) is 61.6 Å². The summed E-state index contributed by atoms with van der Waals surface area (Å²) in [5.74, 6) is 0.371. The van der Waals surface area contributed by atoms with E-state index in [0.717, 1.165) is 36.8 Å². The number of nitrogens with zero attached hydrogens (tertiary/aromatic N) is 1. The summed E-state index contributed by atoms with van der Waals surface area (Å²) in [6, 6.07) is 13.8. The van der Waals surface area contributed by atoms with Crippen LogP contribution in [0.5, 0.6) is 11.5 Å². The third-order valence-electron chi connectivity index (χ3n) is 9.61. The highest BCUT2D eigenvalue weighted by atomic mass is 31.2. The van der Waals surface area contributed by atoms with Crippen molar-refractivity contribution in [2.75, 3.05) is 13.7 Å². The van der Waals surface area contributed by atoms with Crippen LogP contribution in [-0.2, 0) is 31.3 Å². The number of piperidine rings is 1. The number of phosphoric acid groups is 1. The lowest BCUT2D eigenvalue weighted by Gasteiger charge is -2.47. The fourth-order valence-electron chi connectivity index (χ4n) is 8.10. The number of hydrogen-bond acceptors (Lipinski definition) is 7. The summed E-state index contributed by atoms with van der Waals surface area (Å²) in [5, 5.41) is 11.9. The first-order valence-electron chi connectivity index (χ1n) is 13.3. The summed E-state index contributed by atoms with van der Waals surface area (Å²) in [6.07, 6.45) is 5.12. The molecule has 7 atom stereocenters. The molecule has 8 nitrogen and oxygen atoms in total. The summed E-state index contributed by atoms with van der Waals surface area (Å²) in [7, 11) is -2.39. The second-order valence-electron chi connectivity index (χ2n) is 11.3. The Hall–Kier alpha value is -2.22. The van der Waals surface area contributed by atoms with Gasteiger partial charge >= 0.3 is 7.82 Å². The van der Waals surface area contributed by atoms with E-state index in [-0.39, 0.29) is 36.1 Å². The largest absolute Gasteiger partial charge is 0.527 e. The van der Waals surface area contributed by atoms with Gasteiger partial charge in [-0.3, -0.25) is 19.1 Å². The highest BCUT2D eigenvalue weighted by Gasteiger charge is 2.91. The number of likely N-dealkylation sites (N-methyl/N-ethyl adjacent to an activating group) is 1. The second kappa shape index (κ2) is 7.90. The molecular formula is C28H32NO7P. The van der Waals surface area contributed by atoms with E-state index in [4.69, 9.17) is 13.8 Å². The molecule has 3 fully saturated rings. The number of carbonyl (C=O) groups is 1. The number of benzene rings is 2. The molecule has 2 aromatic carbocycles. The van der Waals surface area contributed by atoms with Crippen molar-refractivity contribution in [2.24, 2.45) is 0 Å². The summed E-state index contributed by atoms with van der Waals surface area (Å²) < 4.78 is 29.8. The van der Waals surface area contributed by atoms with Crippen molar-refractivity contribution in [3.63, 3.8) is 0 Å². The van der Waals surface area contributed by atoms with Crippen molar-refractivity contribution in [3.8, 4) is 11.5 Å². The number of hydrogen-bond donors (Lipinski definition) is 2. The Morgan fingerprint density at radius 1 is 1.14 bits per heavy atom. The van der Waals surface area contributed by atoms with Gasteiger partial charge in [-0.05, 0) is 56.3 Å². The number of Topliss-reactive ketones (excluding diaryl/α,β-unsaturated/α-hetero) is 1. The SMILES string of the molecule is CN1C2C13CC14c5c3ccc(OP(=O)(O)OCCCCCCc3ccccc3)c5OC1C(=O)CCC24O. The first kappa shape index (κ1) is 23.9. The van der Waals surface area contributed by atoms with E-state index in [1.54, 1.807) is 6.07 Å². The third-order valence-corrected chi connectivity index (χ3v) is 10.5. The number of likely N-dealkylation sites (tertiary alicyclic amines) is 1. The number of rotatable bonds is 10. The van der Waals surface area contributed by atoms with Gasteiger partial charge in [0.2, 0.25) is 0 Å². The highest BCUT2D eigenvalue weighted by molar-refractivity contribution is 7.47. The van der Waals surface area contributed by atoms with Gasteiger partial charge < -0.3 is 14.4 Å². The fourth-order valence-corrected chi connectivity index (χ4v) is 8.90. The molecule has 37 heavy (non-hydrogen) atoms. The molecule has 0 radical (unpaired) electrons. The minimum Gasteiger partial charge on any atom is -0.477 e. The Labute approximate surface area is 216 Å². The number of carbonyl (C=O) groups excluding carboxylic acids is 1. The summed E-state index contributed by atoms with van der Waals surface area (Å²) in [4.78, 5) is 25.6. The molecule has 2 aliphatic heterocycles. The van der Waals surface area contributed by atoms with Gasteiger partial charge in [-0.2, -0.15) is 0 Å². The highest BCUT2D eigenvalue weighted by Crippen LogP contribution is 2.81. The van der Waals surface area contributed by atoms with E-state index in [0.29, 0.717) is 25.0 Å². The third kappa shape index (κ3) is 3.05. The van der Waals surface area contributed by atoms with Gasteiger partial charge in [0.25, 0.3) is 0 Å². The lowest BCUT2D eigenvalue weighted by Crippen LogP contribution is -2.64. The molecule has 5 aliphatic rings. The smallest absolute Gasteiger partial charge is 0.477 e. The number of unbranched alkanes of at least 4 members (excludes halogenated alkanes) is 3. The standard InChI is InChI=1S/C28H32NO7P/c1-29-25-27(29)17-26-22-19(27)12-13-21(23(22)35-24(26)20(30)14-15-28(25,26)31)36-37(32,33)34-16-8-3-2-5-9-18-10-6-4-7-11-18/h4,6-7,10-13,24-25,31H,2-3,5,8-9,14-17H2,1H3,(H,32,33). The number of fused-ring (bicyclic) bond motifs is 1. The lowest BCUT2D eigenvalue weighted by molar-refractivity contribution is -0.148. The zero-order chi connectivity index (χ0) is 25.6. The van der Waals surface area contributed by atoms with Crippen LogP contribution in [0.2, 0.25) is 0 Å². The molecule has 7 unspecified atom stereocenters. The quantitative estimate of drug-likeness (QED) is 0.273. The Balaban J connectivity index is 1.03. The van der Waals surface area contributed by atoms with Gasteiger partial charge in [-0.25, -0.2) is 4.57 Å². The van der Waals surface area contributed by atoms with Gasteiger partial charge in [0.05, 0.1) is 29.2 Å². The van der Waals surface area contributed by atoms with Crippen LogP contribution in [0.15, 0.2) is 42.5 Å². The van der Waals surface area contributed by atoms with Crippen molar-refractivity contribution in [2.45, 2.75) is 80.1 Å². The molecule has 2 bridgehead atoms. The van der Waals surface area contributed by atoms with Crippen molar-refractivity contribution in [3.05, 3.63) is 59.2 Å². The van der Waals surface area contributed by atoms with Crippen LogP contribution in [0.3, 0.4) is 0 Å². The van der Waals surface area contributed by atoms with Crippen LogP contribution >= 0.6 is 7.82 Å². The molecule has 2 heterocycles. The molecule has 2 N–H and O–H groups in total. The Morgan fingerprint density at radius 3 is 2.73 bits per heavy atom. The normalized spacial score (nSPS) is 37.1. The minimum absolute atomic E-state index is 0.0329. The summed E-state index contributed by atoms with van der Waals surface area (Å²) in [6.45, 7) is 0.112. The molecule has 0 amide bonds. The number of ether oxygens (including phenoxy) is 1. The molecule has 196 valence electrons. The fraction of sp³-hybridized carbons (Fsp3) is 0.536. The first-order chi connectivity index (χ1) is 17.7. The maximum absolute atomic E-state index is 12.9. The lowest BCUT2D eigenvalue weighted by atomic mass is 9.59. The van der Waals surface area contributed by atoms with Gasteiger partial charge in [0.15, 0.2) is 23.4 Å². The Bertz CT molecular complexity index is 1330. The Morgan fingerprint density at radius 2 is 1.92 bits per heavy atom. The molecule has 7 rings (SSSR count). The van der Waals surface area contributed by atoms with E-state index in [9.17, 15) is 19.4 Å². The minimum atomic E-state index is -4.40.